The SMILES string of the molecule is CC[C@H](NC(C)=O)c1cc(C)c(Cl)cc1C1CCN(C(=O)[C@H]2CC(N3C[C@H](OC(=O)C(F)(F)F)C[C@@H]3C(=O)O)C[C@@H]2c2ccc(F)cc2F)CC1. The molecule has 0 aromatic heterocycles. The second-order valence-corrected chi connectivity index (χ2v) is 14.2. The summed E-state index contributed by atoms with van der Waals surface area (Å²) >= 11 is 6.55. The molecular weight excluding hydrogens is 701 g/mol. The zero-order chi connectivity index (χ0) is 37.4. The van der Waals surface area contributed by atoms with Crippen LogP contribution in [0.3, 0.4) is 0 Å². The van der Waals surface area contributed by atoms with E-state index in [1.54, 1.807) is 4.90 Å². The van der Waals surface area contributed by atoms with E-state index < -0.39 is 59.8 Å². The van der Waals surface area contributed by atoms with Crippen LogP contribution in [0, 0.1) is 24.5 Å². The van der Waals surface area contributed by atoms with E-state index in [1.165, 1.54) is 17.9 Å². The van der Waals surface area contributed by atoms with Gasteiger partial charge in [-0.3, -0.25) is 19.3 Å². The van der Waals surface area contributed by atoms with E-state index >= 15 is 4.39 Å². The maximum Gasteiger partial charge on any atom is 0.490 e. The summed E-state index contributed by atoms with van der Waals surface area (Å²) in [6.45, 7) is 5.71. The number of ether oxygens (including phenoxy) is 1. The van der Waals surface area contributed by atoms with E-state index in [0.29, 0.717) is 43.4 Å². The number of carboxylic acid groups (broad SMARTS) is 1. The van der Waals surface area contributed by atoms with Gasteiger partial charge in [-0.1, -0.05) is 30.7 Å². The number of hydrogen-bond acceptors (Lipinski definition) is 6. The largest absolute Gasteiger partial charge is 0.490 e. The standard InChI is InChI=1S/C36H41ClF5N3O6/c1-4-31(43-19(3)46)27-11-18(2)29(37)16-25(27)20-7-9-44(10-8-20)33(47)28-14-22(13-26(28)24-6-5-21(38)12-30(24)39)45-17-23(15-32(45)34(48)49)51-35(50)36(40,41)42/h5-6,11-12,16,20,22-23,26,28,31-32H,4,7-10,13-15,17H2,1-3H3,(H,43,46)(H,48,49)/t22?,23-,26-,28+,31+,32-/m1/s1. The number of amides is 2. The Bertz CT molecular complexity index is 1670. The molecular formula is C36H41ClF5N3O6. The lowest BCUT2D eigenvalue weighted by Gasteiger charge is -2.36. The molecule has 1 aliphatic carbocycles. The Morgan fingerprint density at radius 3 is 2.31 bits per heavy atom. The summed E-state index contributed by atoms with van der Waals surface area (Å²) in [6, 6.07) is 4.75. The molecule has 0 radical (unpaired) electrons. The molecule has 1 saturated carbocycles. The Labute approximate surface area is 297 Å². The Kier molecular flexibility index (Phi) is 11.6. The zero-order valence-corrected chi connectivity index (χ0v) is 29.2. The van der Waals surface area contributed by atoms with Gasteiger partial charge in [0.25, 0.3) is 0 Å². The van der Waals surface area contributed by atoms with Crippen molar-refractivity contribution >= 4 is 35.4 Å². The summed E-state index contributed by atoms with van der Waals surface area (Å²) < 4.78 is 72.5. The number of halogens is 6. The number of esters is 1. The number of aliphatic carboxylic acids is 1. The van der Waals surface area contributed by atoms with Crippen molar-refractivity contribution in [2.45, 2.75) is 102 Å². The lowest BCUT2D eigenvalue weighted by atomic mass is 9.82. The number of likely N-dealkylation sites (tertiary alicyclic amines) is 2. The molecule has 6 atom stereocenters. The molecule has 5 rings (SSSR count). The first-order valence-corrected chi connectivity index (χ1v) is 17.4. The first kappa shape index (κ1) is 38.5. The van der Waals surface area contributed by atoms with Gasteiger partial charge in [0.05, 0.1) is 6.04 Å². The molecule has 3 aliphatic rings. The Morgan fingerprint density at radius 1 is 1.04 bits per heavy atom. The summed E-state index contributed by atoms with van der Waals surface area (Å²) in [4.78, 5) is 53.1. The summed E-state index contributed by atoms with van der Waals surface area (Å²) in [5.74, 6) is -7.48. The predicted octanol–water partition coefficient (Wildman–Crippen LogP) is 6.42. The first-order valence-electron chi connectivity index (χ1n) is 17.1. The third-order valence-electron chi connectivity index (χ3n) is 10.5. The molecule has 2 aliphatic heterocycles. The molecule has 3 fully saturated rings. The van der Waals surface area contributed by atoms with E-state index in [-0.39, 0.29) is 55.1 Å². The normalized spacial score (nSPS) is 25.1. The molecule has 278 valence electrons. The van der Waals surface area contributed by atoms with Crippen LogP contribution in [0.5, 0.6) is 0 Å². The lowest BCUT2D eigenvalue weighted by molar-refractivity contribution is -0.204. The second-order valence-electron chi connectivity index (χ2n) is 13.8. The molecule has 15 heteroatoms. The van der Waals surface area contributed by atoms with Gasteiger partial charge < -0.3 is 20.1 Å². The average Bonchev–Trinajstić information content (AvgIpc) is 3.69. The highest BCUT2D eigenvalue weighted by molar-refractivity contribution is 6.31. The minimum absolute atomic E-state index is 0.0175. The van der Waals surface area contributed by atoms with Gasteiger partial charge in [-0.15, -0.1) is 0 Å². The Hall–Kier alpha value is -3.78. The molecule has 2 heterocycles. The zero-order valence-electron chi connectivity index (χ0n) is 28.4. The average molecular weight is 742 g/mol. The van der Waals surface area contributed by atoms with Crippen molar-refractivity contribution in [2.75, 3.05) is 19.6 Å². The lowest BCUT2D eigenvalue weighted by Crippen LogP contribution is -2.44. The number of nitrogens with zero attached hydrogens (tertiary/aromatic N) is 2. The third kappa shape index (κ3) is 8.48. The van der Waals surface area contributed by atoms with Gasteiger partial charge in [0.1, 0.15) is 23.8 Å². The molecule has 2 aromatic carbocycles. The molecule has 2 saturated heterocycles. The van der Waals surface area contributed by atoms with Crippen LogP contribution in [0.4, 0.5) is 22.0 Å². The third-order valence-corrected chi connectivity index (χ3v) is 11.0. The fraction of sp³-hybridized carbons (Fsp3) is 0.556. The summed E-state index contributed by atoms with van der Waals surface area (Å²) in [5.41, 5.74) is 2.90. The summed E-state index contributed by atoms with van der Waals surface area (Å²) in [5, 5.41) is 13.5. The molecule has 2 amide bonds. The smallest absolute Gasteiger partial charge is 0.480 e. The number of piperidine rings is 1. The van der Waals surface area contributed by atoms with Crippen LogP contribution < -0.4 is 5.32 Å². The minimum Gasteiger partial charge on any atom is -0.480 e. The van der Waals surface area contributed by atoms with Crippen LogP contribution in [-0.2, 0) is 23.9 Å². The van der Waals surface area contributed by atoms with Gasteiger partial charge in [-0.25, -0.2) is 13.6 Å². The van der Waals surface area contributed by atoms with Crippen LogP contribution in [0.1, 0.15) is 92.5 Å². The second kappa shape index (κ2) is 15.4. The van der Waals surface area contributed by atoms with Gasteiger partial charge in [-0.2, -0.15) is 13.2 Å². The van der Waals surface area contributed by atoms with E-state index in [1.807, 2.05) is 26.0 Å². The van der Waals surface area contributed by atoms with Crippen LogP contribution >= 0.6 is 11.6 Å². The van der Waals surface area contributed by atoms with Crippen molar-refractivity contribution in [2.24, 2.45) is 5.92 Å². The number of carbonyl (C=O) groups excluding carboxylic acids is 3. The Balaban J connectivity index is 1.37. The van der Waals surface area contributed by atoms with Crippen LogP contribution in [-0.4, -0.2) is 82.7 Å². The van der Waals surface area contributed by atoms with Gasteiger partial charge in [-0.05, 0) is 85.3 Å². The van der Waals surface area contributed by atoms with Crippen molar-refractivity contribution in [3.8, 4) is 0 Å². The van der Waals surface area contributed by atoms with Crippen molar-refractivity contribution in [3.63, 3.8) is 0 Å². The van der Waals surface area contributed by atoms with Gasteiger partial charge >= 0.3 is 18.1 Å². The van der Waals surface area contributed by atoms with Gasteiger partial charge in [0.15, 0.2) is 0 Å². The van der Waals surface area contributed by atoms with Crippen LogP contribution in [0.25, 0.3) is 0 Å². The number of carboxylic acids is 1. The highest BCUT2D eigenvalue weighted by Crippen LogP contribution is 2.46. The molecule has 2 aromatic rings. The molecule has 0 bridgehead atoms. The first-order chi connectivity index (χ1) is 24.0. The fourth-order valence-electron chi connectivity index (χ4n) is 8.14. The molecule has 9 nitrogen and oxygen atoms in total. The van der Waals surface area contributed by atoms with Crippen LogP contribution in [0.15, 0.2) is 30.3 Å². The van der Waals surface area contributed by atoms with Crippen molar-refractivity contribution < 1.29 is 51.0 Å². The van der Waals surface area contributed by atoms with Gasteiger partial charge in [0.2, 0.25) is 11.8 Å². The summed E-state index contributed by atoms with van der Waals surface area (Å²) in [7, 11) is 0. The highest BCUT2D eigenvalue weighted by atomic mass is 35.5. The van der Waals surface area contributed by atoms with Gasteiger partial charge in [0, 0.05) is 56.0 Å². The molecule has 0 spiro atoms. The molecule has 2 N–H and O–H groups in total. The van der Waals surface area contributed by atoms with Crippen molar-refractivity contribution in [1.29, 1.82) is 0 Å². The molecule has 51 heavy (non-hydrogen) atoms. The number of carbonyl (C=O) groups is 4. The number of hydrogen-bond donors (Lipinski definition) is 2. The topological polar surface area (TPSA) is 116 Å². The van der Waals surface area contributed by atoms with E-state index in [0.717, 1.165) is 22.8 Å². The predicted molar refractivity (Wildman–Crippen MR) is 176 cm³/mol. The summed E-state index contributed by atoms with van der Waals surface area (Å²) in [6.07, 6.45) is -5.07. The number of benzene rings is 2. The molecule has 1 unspecified atom stereocenters. The monoisotopic (exact) mass is 741 g/mol. The number of aryl methyl sites for hydroxylation is 1. The van der Waals surface area contributed by atoms with Crippen molar-refractivity contribution in [3.05, 3.63) is 69.2 Å². The van der Waals surface area contributed by atoms with E-state index in [2.05, 4.69) is 10.1 Å². The van der Waals surface area contributed by atoms with Crippen molar-refractivity contribution in [1.82, 2.24) is 15.1 Å². The maximum absolute atomic E-state index is 15.2. The Morgan fingerprint density at radius 2 is 1.73 bits per heavy atom. The van der Waals surface area contributed by atoms with E-state index in [9.17, 15) is 41.8 Å². The highest BCUT2D eigenvalue weighted by Gasteiger charge is 2.51. The van der Waals surface area contributed by atoms with Crippen LogP contribution in [0.2, 0.25) is 5.02 Å². The van der Waals surface area contributed by atoms with E-state index in [4.69, 9.17) is 11.6 Å². The quantitative estimate of drug-likeness (QED) is 0.225. The number of nitrogens with one attached hydrogen (secondary N) is 1. The number of alkyl halides is 3. The minimum atomic E-state index is -5.26. The maximum atomic E-state index is 15.2. The fourth-order valence-corrected chi connectivity index (χ4v) is 8.31. The number of rotatable bonds is 9.